The van der Waals surface area contributed by atoms with Crippen LogP contribution in [-0.4, -0.2) is 42.5 Å². The molecule has 2 atom stereocenters. The molecule has 1 heterocycles. The molecule has 0 spiro atoms. The Labute approximate surface area is 149 Å². The number of carbonyl (C=O) groups excluding carboxylic acids is 2. The smallest absolute Gasteiger partial charge is 0.254 e. The lowest BCUT2D eigenvalue weighted by Crippen LogP contribution is -2.47. The van der Waals surface area contributed by atoms with Crippen molar-refractivity contribution in [3.8, 4) is 0 Å². The molecule has 5 nitrogen and oxygen atoms in total. The average Bonchev–Trinajstić information content (AvgIpc) is 3.16. The summed E-state index contributed by atoms with van der Waals surface area (Å²) in [6.07, 6.45) is 4.78. The first-order valence-corrected chi connectivity index (χ1v) is 9.36. The first-order valence-electron chi connectivity index (χ1n) is 9.36. The minimum atomic E-state index is 0.0213. The lowest BCUT2D eigenvalue weighted by Gasteiger charge is -2.33. The van der Waals surface area contributed by atoms with Crippen LogP contribution in [0.5, 0.6) is 0 Å². The van der Waals surface area contributed by atoms with Crippen LogP contribution in [0.1, 0.15) is 49.9 Å². The number of anilines is 1. The predicted molar refractivity (Wildman–Crippen MR) is 97.5 cm³/mol. The molecule has 1 aliphatic heterocycles. The number of hydrogen-bond acceptors (Lipinski definition) is 3. The topological polar surface area (TPSA) is 58.6 Å². The van der Waals surface area contributed by atoms with Gasteiger partial charge in [-0.05, 0) is 49.9 Å². The van der Waals surface area contributed by atoms with E-state index in [0.717, 1.165) is 18.5 Å². The highest BCUT2D eigenvalue weighted by molar-refractivity contribution is 5.96. The fraction of sp³-hybridized carbons (Fsp3) is 0.600. The molecule has 1 saturated heterocycles. The van der Waals surface area contributed by atoms with Crippen LogP contribution in [0.25, 0.3) is 0 Å². The summed E-state index contributed by atoms with van der Waals surface area (Å²) in [5.74, 6) is 0.641. The van der Waals surface area contributed by atoms with Crippen LogP contribution < -0.4 is 5.32 Å². The molecular formula is C20H28N2O3. The summed E-state index contributed by atoms with van der Waals surface area (Å²) in [5, 5.41) is 2.99. The summed E-state index contributed by atoms with van der Waals surface area (Å²) in [4.78, 5) is 26.9. The van der Waals surface area contributed by atoms with Crippen molar-refractivity contribution in [3.05, 3.63) is 29.8 Å². The zero-order valence-corrected chi connectivity index (χ0v) is 15.2. The van der Waals surface area contributed by atoms with Gasteiger partial charge in [-0.3, -0.25) is 9.59 Å². The van der Waals surface area contributed by atoms with E-state index in [1.807, 2.05) is 30.9 Å². The van der Waals surface area contributed by atoms with Crippen LogP contribution >= 0.6 is 0 Å². The molecular weight excluding hydrogens is 316 g/mol. The quantitative estimate of drug-likeness (QED) is 0.911. The van der Waals surface area contributed by atoms with Crippen LogP contribution in [0.2, 0.25) is 0 Å². The Morgan fingerprint density at radius 2 is 1.88 bits per heavy atom. The third-order valence-electron chi connectivity index (χ3n) is 5.55. The molecule has 2 aliphatic rings. The zero-order chi connectivity index (χ0) is 17.8. The Kier molecular flexibility index (Phi) is 5.74. The first-order chi connectivity index (χ1) is 12.1. The summed E-state index contributed by atoms with van der Waals surface area (Å²) >= 11 is 0. The van der Waals surface area contributed by atoms with E-state index < -0.39 is 0 Å². The van der Waals surface area contributed by atoms with Crippen molar-refractivity contribution in [1.29, 1.82) is 0 Å². The van der Waals surface area contributed by atoms with Gasteiger partial charge in [-0.2, -0.15) is 0 Å². The fourth-order valence-corrected chi connectivity index (χ4v) is 3.82. The molecule has 1 aromatic carbocycles. The zero-order valence-electron chi connectivity index (χ0n) is 15.2. The van der Waals surface area contributed by atoms with Crippen molar-refractivity contribution in [1.82, 2.24) is 4.90 Å². The maximum atomic E-state index is 12.6. The summed E-state index contributed by atoms with van der Waals surface area (Å²) in [6.45, 7) is 5.80. The minimum absolute atomic E-state index is 0.0213. The van der Waals surface area contributed by atoms with Crippen LogP contribution in [0.4, 0.5) is 5.69 Å². The van der Waals surface area contributed by atoms with Gasteiger partial charge in [0.2, 0.25) is 5.91 Å². The highest BCUT2D eigenvalue weighted by Gasteiger charge is 2.27. The van der Waals surface area contributed by atoms with E-state index >= 15 is 0 Å². The number of amides is 2. The van der Waals surface area contributed by atoms with E-state index in [1.54, 1.807) is 12.1 Å². The Morgan fingerprint density at radius 3 is 2.52 bits per heavy atom. The van der Waals surface area contributed by atoms with Crippen molar-refractivity contribution < 1.29 is 14.3 Å². The molecule has 2 unspecified atom stereocenters. The van der Waals surface area contributed by atoms with Gasteiger partial charge >= 0.3 is 0 Å². The van der Waals surface area contributed by atoms with Gasteiger partial charge in [-0.1, -0.05) is 19.8 Å². The van der Waals surface area contributed by atoms with Crippen LogP contribution in [-0.2, 0) is 9.53 Å². The van der Waals surface area contributed by atoms with Gasteiger partial charge in [-0.15, -0.1) is 0 Å². The monoisotopic (exact) mass is 344 g/mol. The van der Waals surface area contributed by atoms with Gasteiger partial charge in [0.25, 0.3) is 5.91 Å². The maximum absolute atomic E-state index is 12.6. The molecule has 3 rings (SSSR count). The highest BCUT2D eigenvalue weighted by atomic mass is 16.5. The molecule has 1 N–H and O–H groups in total. The molecule has 2 fully saturated rings. The molecule has 1 aromatic rings. The van der Waals surface area contributed by atoms with Gasteiger partial charge in [0.1, 0.15) is 0 Å². The van der Waals surface area contributed by atoms with E-state index in [9.17, 15) is 9.59 Å². The van der Waals surface area contributed by atoms with Crippen molar-refractivity contribution >= 4 is 17.5 Å². The maximum Gasteiger partial charge on any atom is 0.254 e. The predicted octanol–water partition coefficient (Wildman–Crippen LogP) is 3.31. The fourth-order valence-electron chi connectivity index (χ4n) is 3.82. The minimum Gasteiger partial charge on any atom is -0.377 e. The normalized spacial score (nSPS) is 22.6. The molecule has 1 saturated carbocycles. The van der Waals surface area contributed by atoms with E-state index in [0.29, 0.717) is 31.2 Å². The van der Waals surface area contributed by atoms with Crippen LogP contribution in [0.15, 0.2) is 24.3 Å². The summed E-state index contributed by atoms with van der Waals surface area (Å²) in [6, 6.07) is 7.31. The molecule has 2 amide bonds. The first kappa shape index (κ1) is 17.9. The second-order valence-corrected chi connectivity index (χ2v) is 7.32. The molecule has 5 heteroatoms. The van der Waals surface area contributed by atoms with Gasteiger partial charge in [0.15, 0.2) is 0 Å². The SMILES string of the molecule is CC(C(=O)Nc1ccc(C(=O)N2CCOCC2C)cc1)C1CCCC1. The van der Waals surface area contributed by atoms with Crippen molar-refractivity contribution in [2.24, 2.45) is 11.8 Å². The van der Waals surface area contributed by atoms with Crippen molar-refractivity contribution in [2.75, 3.05) is 25.1 Å². The third-order valence-corrected chi connectivity index (χ3v) is 5.55. The largest absolute Gasteiger partial charge is 0.377 e. The third kappa shape index (κ3) is 4.21. The second-order valence-electron chi connectivity index (χ2n) is 7.32. The van der Waals surface area contributed by atoms with Crippen molar-refractivity contribution in [3.63, 3.8) is 0 Å². The lowest BCUT2D eigenvalue weighted by molar-refractivity contribution is -0.120. The highest BCUT2D eigenvalue weighted by Crippen LogP contribution is 2.31. The standard InChI is InChI=1S/C20H28N2O3/c1-14-13-25-12-11-22(14)20(24)17-7-9-18(10-8-17)21-19(23)15(2)16-5-3-4-6-16/h7-10,14-16H,3-6,11-13H2,1-2H3,(H,21,23). The van der Waals surface area contributed by atoms with Crippen molar-refractivity contribution in [2.45, 2.75) is 45.6 Å². The van der Waals surface area contributed by atoms with Gasteiger partial charge in [0.05, 0.1) is 19.3 Å². The summed E-state index contributed by atoms with van der Waals surface area (Å²) < 4.78 is 5.38. The molecule has 0 radical (unpaired) electrons. The average molecular weight is 344 g/mol. The number of hydrogen-bond donors (Lipinski definition) is 1. The van der Waals surface area contributed by atoms with Crippen LogP contribution in [0, 0.1) is 11.8 Å². The molecule has 0 bridgehead atoms. The number of morpholine rings is 1. The summed E-state index contributed by atoms with van der Waals surface area (Å²) in [7, 11) is 0. The van der Waals surface area contributed by atoms with E-state index in [2.05, 4.69) is 5.32 Å². The Hall–Kier alpha value is -1.88. The molecule has 25 heavy (non-hydrogen) atoms. The Morgan fingerprint density at radius 1 is 1.20 bits per heavy atom. The number of carbonyl (C=O) groups is 2. The van der Waals surface area contributed by atoms with Crippen LogP contribution in [0.3, 0.4) is 0 Å². The Bertz CT molecular complexity index is 608. The number of benzene rings is 1. The number of nitrogens with one attached hydrogen (secondary N) is 1. The van der Waals surface area contributed by atoms with Gasteiger partial charge < -0.3 is 15.0 Å². The molecule has 136 valence electrons. The van der Waals surface area contributed by atoms with E-state index in [-0.39, 0.29) is 23.8 Å². The Balaban J connectivity index is 1.59. The van der Waals surface area contributed by atoms with E-state index in [1.165, 1.54) is 12.8 Å². The van der Waals surface area contributed by atoms with E-state index in [4.69, 9.17) is 4.74 Å². The summed E-state index contributed by atoms with van der Waals surface area (Å²) in [5.41, 5.74) is 1.40. The molecule has 0 aromatic heterocycles. The number of ether oxygens (including phenoxy) is 1. The number of rotatable bonds is 4. The lowest BCUT2D eigenvalue weighted by atomic mass is 9.92. The second kappa shape index (κ2) is 8.00. The van der Waals surface area contributed by atoms with Gasteiger partial charge in [0, 0.05) is 23.7 Å². The molecule has 1 aliphatic carbocycles. The van der Waals surface area contributed by atoms with Gasteiger partial charge in [-0.25, -0.2) is 0 Å². The number of nitrogens with zero attached hydrogens (tertiary/aromatic N) is 1.